The van der Waals surface area contributed by atoms with Gasteiger partial charge in [0, 0.05) is 12.8 Å². The highest BCUT2D eigenvalue weighted by Gasteiger charge is 2.27. The highest BCUT2D eigenvalue weighted by atomic mass is 31.2. The molecule has 0 aliphatic heterocycles. The molecule has 0 bridgehead atoms. The lowest BCUT2D eigenvalue weighted by molar-refractivity contribution is -0.161. The number of ether oxygens (including phenoxy) is 2. The van der Waals surface area contributed by atoms with E-state index in [-0.39, 0.29) is 19.4 Å². The van der Waals surface area contributed by atoms with Crippen LogP contribution in [0.4, 0.5) is 0 Å². The second-order valence-corrected chi connectivity index (χ2v) is 15.8. The summed E-state index contributed by atoms with van der Waals surface area (Å²) < 4.78 is 32.7. The third kappa shape index (κ3) is 38.5. The first-order chi connectivity index (χ1) is 25.7. The highest BCUT2D eigenvalue weighted by Crippen LogP contribution is 2.43. The molecule has 0 spiro atoms. The summed E-state index contributed by atoms with van der Waals surface area (Å²) in [7, 11) is -4.62. The first-order valence-electron chi connectivity index (χ1n) is 21.3. The van der Waals surface area contributed by atoms with Gasteiger partial charge >= 0.3 is 19.8 Å². The van der Waals surface area contributed by atoms with Crippen molar-refractivity contribution >= 4 is 19.8 Å². The van der Waals surface area contributed by atoms with Crippen molar-refractivity contribution in [2.75, 3.05) is 26.4 Å². The zero-order valence-electron chi connectivity index (χ0n) is 33.7. The second-order valence-electron chi connectivity index (χ2n) is 14.4. The molecule has 0 radical (unpaired) electrons. The Kier molecular flexibility index (Phi) is 37.6. The molecule has 0 rings (SSSR count). The SMILES string of the molecule is CCCCCCCC/C=C\CCCCCCCC(=O)OCC(COP(=O)(O)OC[C@@H](O)CO)OC(=O)CCCCCCC/C=C\CCCCCCCC. The van der Waals surface area contributed by atoms with Crippen molar-refractivity contribution in [3.63, 3.8) is 0 Å². The van der Waals surface area contributed by atoms with Crippen LogP contribution >= 0.6 is 7.82 Å². The maximum Gasteiger partial charge on any atom is 0.472 e. The van der Waals surface area contributed by atoms with Gasteiger partial charge < -0.3 is 24.6 Å². The first-order valence-corrected chi connectivity index (χ1v) is 22.8. The van der Waals surface area contributed by atoms with Crippen LogP contribution in [0.1, 0.15) is 194 Å². The van der Waals surface area contributed by atoms with Gasteiger partial charge in [0.2, 0.25) is 0 Å². The standard InChI is InChI=1S/C42H79O10P/c1-3-5-7-9-11-13-15-17-19-21-23-25-27-29-31-33-41(45)49-37-40(38-51-53(47,48)50-36-39(44)35-43)52-42(46)34-32-30-28-26-24-22-20-18-16-14-12-10-8-6-4-2/h17-20,39-40,43-44H,3-16,21-38H2,1-2H3,(H,47,48)/b19-17-,20-18-/t39-,40?/m0/s1. The van der Waals surface area contributed by atoms with Crippen molar-refractivity contribution < 1.29 is 47.8 Å². The summed E-state index contributed by atoms with van der Waals surface area (Å²) >= 11 is 0. The molecule has 0 fully saturated rings. The molecule has 0 heterocycles. The molecule has 0 aromatic heterocycles. The minimum absolute atomic E-state index is 0.174. The highest BCUT2D eigenvalue weighted by molar-refractivity contribution is 7.47. The van der Waals surface area contributed by atoms with Gasteiger partial charge in [0.15, 0.2) is 6.10 Å². The van der Waals surface area contributed by atoms with Gasteiger partial charge in [-0.05, 0) is 64.2 Å². The van der Waals surface area contributed by atoms with Gasteiger partial charge in [0.25, 0.3) is 0 Å². The predicted octanol–water partition coefficient (Wildman–Crippen LogP) is 11.0. The maximum atomic E-state index is 12.6. The fourth-order valence-corrected chi connectivity index (χ4v) is 6.54. The number of allylic oxidation sites excluding steroid dienone is 4. The monoisotopic (exact) mass is 775 g/mol. The average molecular weight is 775 g/mol. The number of hydrogen-bond donors (Lipinski definition) is 3. The van der Waals surface area contributed by atoms with Gasteiger partial charge in [-0.2, -0.15) is 0 Å². The number of phosphoric acid groups is 1. The molecule has 0 saturated carbocycles. The molecule has 3 N–H and O–H groups in total. The van der Waals surface area contributed by atoms with Crippen LogP contribution < -0.4 is 0 Å². The summed E-state index contributed by atoms with van der Waals surface area (Å²) in [4.78, 5) is 34.9. The summed E-state index contributed by atoms with van der Waals surface area (Å²) in [6, 6.07) is 0. The summed E-state index contributed by atoms with van der Waals surface area (Å²) in [5.74, 6) is -0.940. The molecule has 0 aromatic carbocycles. The smallest absolute Gasteiger partial charge is 0.462 e. The Labute approximate surface area is 323 Å². The Balaban J connectivity index is 4.33. The molecule has 2 unspecified atom stereocenters. The van der Waals surface area contributed by atoms with E-state index in [9.17, 15) is 24.2 Å². The molecule has 0 aliphatic rings. The van der Waals surface area contributed by atoms with Crippen molar-refractivity contribution in [1.29, 1.82) is 0 Å². The van der Waals surface area contributed by atoms with Crippen molar-refractivity contribution in [3.8, 4) is 0 Å². The third-order valence-electron chi connectivity index (χ3n) is 9.08. The minimum atomic E-state index is -4.62. The maximum absolute atomic E-state index is 12.6. The number of aliphatic hydroxyl groups excluding tert-OH is 2. The van der Waals surface area contributed by atoms with Crippen molar-refractivity contribution in [1.82, 2.24) is 0 Å². The minimum Gasteiger partial charge on any atom is -0.462 e. The van der Waals surface area contributed by atoms with Gasteiger partial charge in [0.05, 0.1) is 19.8 Å². The zero-order chi connectivity index (χ0) is 39.1. The van der Waals surface area contributed by atoms with Gasteiger partial charge in [-0.25, -0.2) is 4.57 Å². The van der Waals surface area contributed by atoms with E-state index in [4.69, 9.17) is 19.1 Å². The molecular formula is C42H79O10P. The molecule has 11 heteroatoms. The van der Waals surface area contributed by atoms with Gasteiger partial charge in [-0.15, -0.1) is 0 Å². The number of hydrogen-bond acceptors (Lipinski definition) is 9. The topological polar surface area (TPSA) is 149 Å². The van der Waals surface area contributed by atoms with E-state index in [0.717, 1.165) is 70.6 Å². The van der Waals surface area contributed by atoms with E-state index in [1.807, 2.05) is 0 Å². The fourth-order valence-electron chi connectivity index (χ4n) is 5.75. The van der Waals surface area contributed by atoms with Crippen LogP contribution in [0.15, 0.2) is 24.3 Å². The van der Waals surface area contributed by atoms with E-state index >= 15 is 0 Å². The molecule has 0 aliphatic carbocycles. The summed E-state index contributed by atoms with van der Waals surface area (Å²) in [6.45, 7) is 2.36. The van der Waals surface area contributed by atoms with Crippen LogP contribution in [0.3, 0.4) is 0 Å². The molecule has 0 saturated heterocycles. The fraction of sp³-hybridized carbons (Fsp3) is 0.857. The number of carbonyl (C=O) groups excluding carboxylic acids is 2. The average Bonchev–Trinajstić information content (AvgIpc) is 3.14. The molecule has 0 aromatic rings. The number of rotatable bonds is 40. The van der Waals surface area contributed by atoms with Gasteiger partial charge in [-0.3, -0.25) is 18.6 Å². The van der Waals surface area contributed by atoms with Crippen molar-refractivity contribution in [3.05, 3.63) is 24.3 Å². The number of aliphatic hydroxyl groups is 2. The molecule has 312 valence electrons. The Hall–Kier alpha value is -1.55. The van der Waals surface area contributed by atoms with E-state index < -0.39 is 51.8 Å². The number of esters is 2. The van der Waals surface area contributed by atoms with E-state index in [1.54, 1.807) is 0 Å². The molecule has 3 atom stereocenters. The van der Waals surface area contributed by atoms with Crippen LogP contribution in [-0.2, 0) is 32.7 Å². The Bertz CT molecular complexity index is 941. The summed E-state index contributed by atoms with van der Waals surface area (Å²) in [5.41, 5.74) is 0. The first kappa shape index (κ1) is 51.5. The molecular weight excluding hydrogens is 695 g/mol. The van der Waals surface area contributed by atoms with Crippen LogP contribution in [-0.4, -0.2) is 65.7 Å². The Morgan fingerprint density at radius 3 is 1.36 bits per heavy atom. The lowest BCUT2D eigenvalue weighted by atomic mass is 10.1. The molecule has 10 nitrogen and oxygen atoms in total. The number of phosphoric ester groups is 1. The van der Waals surface area contributed by atoms with E-state index in [2.05, 4.69) is 42.7 Å². The second kappa shape index (κ2) is 38.7. The van der Waals surface area contributed by atoms with Crippen LogP contribution in [0, 0.1) is 0 Å². The van der Waals surface area contributed by atoms with Crippen molar-refractivity contribution in [2.45, 2.75) is 206 Å². The van der Waals surface area contributed by atoms with Crippen molar-refractivity contribution in [2.24, 2.45) is 0 Å². The molecule has 53 heavy (non-hydrogen) atoms. The number of carbonyl (C=O) groups is 2. The van der Waals surface area contributed by atoms with Crippen LogP contribution in [0.2, 0.25) is 0 Å². The quantitative estimate of drug-likeness (QED) is 0.0238. The van der Waals surface area contributed by atoms with E-state index in [1.165, 1.54) is 83.5 Å². The zero-order valence-corrected chi connectivity index (χ0v) is 34.6. The Morgan fingerprint density at radius 1 is 0.547 bits per heavy atom. The largest absolute Gasteiger partial charge is 0.472 e. The lowest BCUT2D eigenvalue weighted by Crippen LogP contribution is -2.29. The molecule has 0 amide bonds. The lowest BCUT2D eigenvalue weighted by Gasteiger charge is -2.20. The van der Waals surface area contributed by atoms with Gasteiger partial charge in [-0.1, -0.05) is 141 Å². The third-order valence-corrected chi connectivity index (χ3v) is 10.0. The normalized spacial score (nSPS) is 14.1. The number of unbranched alkanes of at least 4 members (excludes halogenated alkanes) is 22. The Morgan fingerprint density at radius 2 is 0.925 bits per heavy atom. The predicted molar refractivity (Wildman–Crippen MR) is 215 cm³/mol. The van der Waals surface area contributed by atoms with E-state index in [0.29, 0.717) is 12.8 Å². The van der Waals surface area contributed by atoms with Crippen LogP contribution in [0.5, 0.6) is 0 Å². The summed E-state index contributed by atoms with van der Waals surface area (Å²) in [5, 5.41) is 18.3. The van der Waals surface area contributed by atoms with Gasteiger partial charge in [0.1, 0.15) is 12.7 Å². The summed E-state index contributed by atoms with van der Waals surface area (Å²) in [6.07, 6.45) is 37.1. The van der Waals surface area contributed by atoms with Crippen LogP contribution in [0.25, 0.3) is 0 Å².